The van der Waals surface area contributed by atoms with Crippen molar-refractivity contribution in [3.05, 3.63) is 28.8 Å². The van der Waals surface area contributed by atoms with Gasteiger partial charge >= 0.3 is 0 Å². The second kappa shape index (κ2) is 7.33. The molecule has 112 valence electrons. The summed E-state index contributed by atoms with van der Waals surface area (Å²) in [4.78, 5) is 2.49. The van der Waals surface area contributed by atoms with Crippen LogP contribution in [0.25, 0.3) is 0 Å². The van der Waals surface area contributed by atoms with Gasteiger partial charge in [0.1, 0.15) is 5.75 Å². The summed E-state index contributed by atoms with van der Waals surface area (Å²) in [7, 11) is 0. The number of benzene rings is 1. The van der Waals surface area contributed by atoms with Crippen LogP contribution in [0.2, 0.25) is 5.02 Å². The zero-order valence-electron chi connectivity index (χ0n) is 12.6. The summed E-state index contributed by atoms with van der Waals surface area (Å²) in [5.41, 5.74) is 0.950. The van der Waals surface area contributed by atoms with Crippen LogP contribution in [0.5, 0.6) is 5.75 Å². The molecule has 2 nitrogen and oxygen atoms in total. The predicted molar refractivity (Wildman–Crippen MR) is 85.4 cm³/mol. The Morgan fingerprint density at radius 2 is 2.15 bits per heavy atom. The maximum absolute atomic E-state index is 10.1. The van der Waals surface area contributed by atoms with Crippen LogP contribution in [0.4, 0.5) is 0 Å². The first kappa shape index (κ1) is 15.7. The number of phenolic OH excluding ortho intramolecular Hbond substituents is 1. The monoisotopic (exact) mass is 295 g/mol. The Hall–Kier alpha value is -0.730. The van der Waals surface area contributed by atoms with Crippen molar-refractivity contribution in [1.29, 1.82) is 0 Å². The second-order valence-corrected chi connectivity index (χ2v) is 6.44. The Bertz CT molecular complexity index is 435. The number of halogens is 1. The van der Waals surface area contributed by atoms with E-state index >= 15 is 0 Å². The molecule has 1 heterocycles. The summed E-state index contributed by atoms with van der Waals surface area (Å²) >= 11 is 6.07. The topological polar surface area (TPSA) is 23.5 Å². The van der Waals surface area contributed by atoms with Crippen molar-refractivity contribution in [3.63, 3.8) is 0 Å². The molecule has 0 radical (unpaired) electrons. The summed E-state index contributed by atoms with van der Waals surface area (Å²) < 4.78 is 0. The van der Waals surface area contributed by atoms with Gasteiger partial charge in [-0.05, 0) is 63.4 Å². The molecule has 0 aromatic heterocycles. The van der Waals surface area contributed by atoms with E-state index in [-0.39, 0.29) is 6.04 Å². The van der Waals surface area contributed by atoms with E-state index in [4.69, 9.17) is 11.6 Å². The van der Waals surface area contributed by atoms with Crippen molar-refractivity contribution < 1.29 is 5.11 Å². The van der Waals surface area contributed by atoms with Gasteiger partial charge in [0.05, 0.1) is 0 Å². The van der Waals surface area contributed by atoms with Crippen LogP contribution in [0, 0.1) is 5.92 Å². The molecule has 1 aliphatic heterocycles. The molecule has 2 rings (SSSR count). The van der Waals surface area contributed by atoms with Crippen LogP contribution in [0.3, 0.4) is 0 Å². The minimum absolute atomic E-state index is 0.231. The van der Waals surface area contributed by atoms with E-state index in [1.807, 2.05) is 6.07 Å². The zero-order chi connectivity index (χ0) is 14.5. The third-order valence-electron chi connectivity index (χ3n) is 4.57. The lowest BCUT2D eigenvalue weighted by atomic mass is 9.96. The molecule has 0 aliphatic carbocycles. The molecule has 0 spiro atoms. The Morgan fingerprint density at radius 1 is 1.35 bits per heavy atom. The fourth-order valence-electron chi connectivity index (χ4n) is 3.33. The van der Waals surface area contributed by atoms with Gasteiger partial charge in [0.25, 0.3) is 0 Å². The van der Waals surface area contributed by atoms with Crippen molar-refractivity contribution in [2.24, 2.45) is 5.92 Å². The van der Waals surface area contributed by atoms with E-state index in [2.05, 4.69) is 18.7 Å². The van der Waals surface area contributed by atoms with Crippen molar-refractivity contribution in [2.75, 3.05) is 13.1 Å². The van der Waals surface area contributed by atoms with Crippen molar-refractivity contribution in [1.82, 2.24) is 4.90 Å². The minimum atomic E-state index is 0.231. The predicted octanol–water partition coefficient (Wildman–Crippen LogP) is 5.01. The first-order valence-electron chi connectivity index (χ1n) is 7.84. The maximum Gasteiger partial charge on any atom is 0.120 e. The first-order chi connectivity index (χ1) is 9.61. The van der Waals surface area contributed by atoms with Crippen molar-refractivity contribution in [2.45, 2.75) is 52.0 Å². The van der Waals surface area contributed by atoms with E-state index in [1.54, 1.807) is 12.1 Å². The lowest BCUT2D eigenvalue weighted by Gasteiger charge is -2.28. The van der Waals surface area contributed by atoms with Gasteiger partial charge in [-0.3, -0.25) is 4.90 Å². The molecule has 1 aromatic carbocycles. The Morgan fingerprint density at radius 3 is 2.90 bits per heavy atom. The molecule has 1 aromatic rings. The fraction of sp³-hybridized carbons (Fsp3) is 0.647. The molecule has 1 aliphatic rings. The Balaban J connectivity index is 2.05. The molecule has 0 bridgehead atoms. The summed E-state index contributed by atoms with van der Waals surface area (Å²) in [5, 5.41) is 10.8. The number of nitrogens with zero attached hydrogens (tertiary/aromatic N) is 1. The molecule has 0 saturated carbocycles. The maximum atomic E-state index is 10.1. The van der Waals surface area contributed by atoms with Gasteiger partial charge in [-0.1, -0.05) is 31.4 Å². The van der Waals surface area contributed by atoms with Gasteiger partial charge in [0.2, 0.25) is 0 Å². The second-order valence-electron chi connectivity index (χ2n) is 6.00. The normalized spacial score (nSPS) is 22.4. The van der Waals surface area contributed by atoms with E-state index in [0.717, 1.165) is 24.6 Å². The number of hydrogen-bond donors (Lipinski definition) is 1. The van der Waals surface area contributed by atoms with Crippen LogP contribution in [-0.2, 0) is 0 Å². The highest BCUT2D eigenvalue weighted by Crippen LogP contribution is 2.33. The van der Waals surface area contributed by atoms with E-state index in [9.17, 15) is 5.11 Å². The van der Waals surface area contributed by atoms with E-state index < -0.39 is 0 Å². The highest BCUT2D eigenvalue weighted by molar-refractivity contribution is 6.30. The highest BCUT2D eigenvalue weighted by Gasteiger charge is 2.22. The summed E-state index contributed by atoms with van der Waals surface area (Å²) in [6, 6.07) is 5.57. The van der Waals surface area contributed by atoms with Gasteiger partial charge in [-0.15, -0.1) is 0 Å². The Labute approximate surface area is 127 Å². The van der Waals surface area contributed by atoms with Crippen molar-refractivity contribution >= 4 is 11.6 Å². The van der Waals surface area contributed by atoms with E-state index in [0.29, 0.717) is 10.8 Å². The molecular weight excluding hydrogens is 270 g/mol. The van der Waals surface area contributed by atoms with Crippen LogP contribution in [-0.4, -0.2) is 23.1 Å². The van der Waals surface area contributed by atoms with Gasteiger partial charge in [-0.2, -0.15) is 0 Å². The number of likely N-dealkylation sites (tertiary alicyclic amines) is 1. The summed E-state index contributed by atoms with van der Waals surface area (Å²) in [6.07, 6.45) is 6.52. The van der Waals surface area contributed by atoms with Gasteiger partial charge in [0, 0.05) is 16.6 Å². The summed E-state index contributed by atoms with van der Waals surface area (Å²) in [5.74, 6) is 1.24. The molecule has 3 heteroatoms. The lowest BCUT2D eigenvalue weighted by molar-refractivity contribution is 0.212. The van der Waals surface area contributed by atoms with Gasteiger partial charge in [0.15, 0.2) is 0 Å². The third-order valence-corrected chi connectivity index (χ3v) is 4.80. The minimum Gasteiger partial charge on any atom is -0.508 e. The molecular formula is C17H26ClNO. The number of phenols is 1. The van der Waals surface area contributed by atoms with E-state index in [1.165, 1.54) is 32.1 Å². The molecule has 1 saturated heterocycles. The average molecular weight is 296 g/mol. The van der Waals surface area contributed by atoms with Crippen LogP contribution in [0.15, 0.2) is 18.2 Å². The van der Waals surface area contributed by atoms with Crippen LogP contribution < -0.4 is 0 Å². The highest BCUT2D eigenvalue weighted by atomic mass is 35.5. The molecule has 1 fully saturated rings. The number of aromatic hydroxyl groups is 1. The Kier molecular flexibility index (Phi) is 5.74. The molecule has 2 atom stereocenters. The fourth-order valence-corrected chi connectivity index (χ4v) is 3.51. The molecule has 1 N–H and O–H groups in total. The summed E-state index contributed by atoms with van der Waals surface area (Å²) in [6.45, 7) is 6.69. The number of hydrogen-bond acceptors (Lipinski definition) is 2. The molecule has 2 unspecified atom stereocenters. The zero-order valence-corrected chi connectivity index (χ0v) is 13.4. The number of rotatable bonds is 4. The van der Waals surface area contributed by atoms with Gasteiger partial charge < -0.3 is 5.11 Å². The molecule has 0 amide bonds. The third kappa shape index (κ3) is 3.89. The molecule has 20 heavy (non-hydrogen) atoms. The smallest absolute Gasteiger partial charge is 0.120 e. The van der Waals surface area contributed by atoms with Gasteiger partial charge in [-0.25, -0.2) is 0 Å². The quantitative estimate of drug-likeness (QED) is 0.844. The van der Waals surface area contributed by atoms with Crippen molar-refractivity contribution in [3.8, 4) is 5.75 Å². The standard InChI is InChI=1S/C17H26ClNO/c1-3-5-14-6-4-10-19(11-9-14)13(2)16-12-15(18)7-8-17(16)20/h7-8,12-14,20H,3-6,9-11H2,1-2H3. The SMILES string of the molecule is CCCC1CCCN(C(C)c2cc(Cl)ccc2O)CC1. The van der Waals surface area contributed by atoms with Crippen LogP contribution in [0.1, 0.15) is 57.6 Å². The van der Waals surface area contributed by atoms with Crippen LogP contribution >= 0.6 is 11.6 Å². The largest absolute Gasteiger partial charge is 0.508 e. The average Bonchev–Trinajstić information content (AvgIpc) is 2.67. The lowest BCUT2D eigenvalue weighted by Crippen LogP contribution is -2.28. The first-order valence-corrected chi connectivity index (χ1v) is 8.22.